The lowest BCUT2D eigenvalue weighted by atomic mass is 9.49. The SMILES string of the molecule is CCOc1ccc(-c2nc(-c3cccc4c3CCN4CC(N)(CO)CO)no2)cc1OC.NC(CO)(CO)CN1CCc2c(-c3noc(C45CC6CC(CC(C6)C4)C5)n3)cccc21. The molecule has 4 aliphatic carbocycles. The molecule has 0 unspecified atom stereocenters. The number of nitrogens with two attached hydrogens (primary N) is 2. The topological polar surface area (TPSA) is 236 Å². The van der Waals surface area contributed by atoms with Gasteiger partial charge in [-0.2, -0.15) is 9.97 Å². The van der Waals surface area contributed by atoms with E-state index >= 15 is 0 Å². The number of rotatable bonds is 15. The molecule has 0 amide bonds. The summed E-state index contributed by atoms with van der Waals surface area (Å²) >= 11 is 0. The van der Waals surface area contributed by atoms with E-state index in [0.717, 1.165) is 83.2 Å². The molecule has 2 aliphatic heterocycles. The highest BCUT2D eigenvalue weighted by atomic mass is 16.5. The predicted octanol–water partition coefficient (Wildman–Crippen LogP) is 4.10. The monoisotopic (exact) mass is 864 g/mol. The highest BCUT2D eigenvalue weighted by Gasteiger charge is 2.54. The van der Waals surface area contributed by atoms with Crippen molar-refractivity contribution in [3.8, 4) is 45.7 Å². The lowest BCUT2D eigenvalue weighted by Crippen LogP contribution is -2.55. The van der Waals surface area contributed by atoms with E-state index in [4.69, 9.17) is 35.0 Å². The fourth-order valence-electron chi connectivity index (χ4n) is 11.3. The van der Waals surface area contributed by atoms with Crippen LogP contribution in [0.1, 0.15) is 62.5 Å². The minimum atomic E-state index is -1.07. The lowest BCUT2D eigenvalue weighted by Gasteiger charge is -2.55. The second-order valence-corrected chi connectivity index (χ2v) is 18.6. The highest BCUT2D eigenvalue weighted by Crippen LogP contribution is 2.60. The minimum absolute atomic E-state index is 0.103. The molecular weight excluding hydrogens is 805 g/mol. The van der Waals surface area contributed by atoms with Crippen molar-refractivity contribution in [2.45, 2.75) is 74.8 Å². The third-order valence-corrected chi connectivity index (χ3v) is 14.1. The zero-order chi connectivity index (χ0) is 43.9. The van der Waals surface area contributed by atoms with Crippen LogP contribution in [0.5, 0.6) is 11.5 Å². The Morgan fingerprint density at radius 3 is 1.75 bits per heavy atom. The van der Waals surface area contributed by atoms with Gasteiger partial charge in [0.2, 0.25) is 17.5 Å². The molecule has 4 bridgehead atoms. The van der Waals surface area contributed by atoms with Crippen molar-refractivity contribution in [2.24, 2.45) is 29.2 Å². The fourth-order valence-corrected chi connectivity index (χ4v) is 11.3. The normalized spacial score (nSPS) is 22.3. The Morgan fingerprint density at radius 1 is 0.714 bits per heavy atom. The predicted molar refractivity (Wildman–Crippen MR) is 236 cm³/mol. The van der Waals surface area contributed by atoms with Crippen molar-refractivity contribution in [1.29, 1.82) is 0 Å². The van der Waals surface area contributed by atoms with E-state index in [9.17, 15) is 20.4 Å². The van der Waals surface area contributed by atoms with Gasteiger partial charge in [0.25, 0.3) is 5.89 Å². The van der Waals surface area contributed by atoms with Gasteiger partial charge in [-0.1, -0.05) is 34.6 Å². The summed E-state index contributed by atoms with van der Waals surface area (Å²) in [6.45, 7) is 3.63. The summed E-state index contributed by atoms with van der Waals surface area (Å²) < 4.78 is 22.5. The van der Waals surface area contributed by atoms with Crippen LogP contribution in [0.25, 0.3) is 34.2 Å². The van der Waals surface area contributed by atoms with E-state index < -0.39 is 11.1 Å². The molecule has 4 fully saturated rings. The van der Waals surface area contributed by atoms with Crippen LogP contribution in [-0.2, 0) is 18.3 Å². The Bertz CT molecular complexity index is 2360. The molecule has 16 nitrogen and oxygen atoms in total. The van der Waals surface area contributed by atoms with Crippen LogP contribution in [0, 0.1) is 17.8 Å². The molecule has 2 aromatic heterocycles. The molecule has 16 heteroatoms. The maximum absolute atomic E-state index is 9.60. The summed E-state index contributed by atoms with van der Waals surface area (Å²) in [5, 5.41) is 47.0. The zero-order valence-electron chi connectivity index (χ0n) is 36.2. The zero-order valence-corrected chi connectivity index (χ0v) is 36.2. The Balaban J connectivity index is 0.000000160. The number of hydrogen-bond acceptors (Lipinski definition) is 16. The van der Waals surface area contributed by atoms with Crippen LogP contribution < -0.4 is 30.7 Å². The third kappa shape index (κ3) is 8.28. The van der Waals surface area contributed by atoms with Crippen LogP contribution in [-0.4, -0.2) is 118 Å². The van der Waals surface area contributed by atoms with Crippen LogP contribution in [0.4, 0.5) is 11.4 Å². The van der Waals surface area contributed by atoms with Crippen molar-refractivity contribution in [2.75, 3.05) is 76.1 Å². The number of methoxy groups -OCH3 is 1. The van der Waals surface area contributed by atoms with Gasteiger partial charge in [0, 0.05) is 54.2 Å². The van der Waals surface area contributed by atoms with Crippen molar-refractivity contribution < 1.29 is 38.9 Å². The van der Waals surface area contributed by atoms with E-state index in [1.54, 1.807) is 7.11 Å². The molecule has 4 heterocycles. The molecule has 63 heavy (non-hydrogen) atoms. The first kappa shape index (κ1) is 43.2. The van der Waals surface area contributed by atoms with Gasteiger partial charge in [-0.05, 0) is 118 Å². The molecule has 0 radical (unpaired) electrons. The number of benzene rings is 3. The number of aliphatic hydroxyl groups is 4. The Hall–Kier alpha value is -5.10. The first-order chi connectivity index (χ1) is 30.5. The van der Waals surface area contributed by atoms with Gasteiger partial charge in [0.05, 0.1) is 56.6 Å². The number of nitrogens with zero attached hydrogens (tertiary/aromatic N) is 6. The quantitative estimate of drug-likeness (QED) is 0.0869. The first-order valence-corrected chi connectivity index (χ1v) is 22.3. The van der Waals surface area contributed by atoms with E-state index in [1.165, 1.54) is 44.1 Å². The van der Waals surface area contributed by atoms with Gasteiger partial charge in [0.1, 0.15) is 0 Å². The molecular formula is C47H60N8O8. The molecule has 6 aliphatic rings. The average Bonchev–Trinajstić information content (AvgIpc) is 4.14. The van der Waals surface area contributed by atoms with Crippen LogP contribution in [0.2, 0.25) is 0 Å². The van der Waals surface area contributed by atoms with Gasteiger partial charge >= 0.3 is 0 Å². The number of hydrogen-bond donors (Lipinski definition) is 6. The summed E-state index contributed by atoms with van der Waals surface area (Å²) in [5.41, 5.74) is 17.3. The Labute approximate surface area is 367 Å². The van der Waals surface area contributed by atoms with Crippen LogP contribution in [0.15, 0.2) is 63.6 Å². The summed E-state index contributed by atoms with van der Waals surface area (Å²) in [5.74, 6) is 6.19. The minimum Gasteiger partial charge on any atom is -0.493 e. The van der Waals surface area contributed by atoms with E-state index in [1.807, 2.05) is 49.4 Å². The second kappa shape index (κ2) is 17.5. The van der Waals surface area contributed by atoms with Crippen molar-refractivity contribution in [1.82, 2.24) is 20.3 Å². The second-order valence-electron chi connectivity index (χ2n) is 18.6. The maximum atomic E-state index is 9.60. The Morgan fingerprint density at radius 2 is 1.24 bits per heavy atom. The summed E-state index contributed by atoms with van der Waals surface area (Å²) in [4.78, 5) is 13.8. The Kier molecular flexibility index (Phi) is 12.0. The number of fused-ring (bicyclic) bond motifs is 2. The van der Waals surface area contributed by atoms with E-state index in [2.05, 4.69) is 37.2 Å². The average molecular weight is 865 g/mol. The fraction of sp³-hybridized carbons (Fsp3) is 0.532. The summed E-state index contributed by atoms with van der Waals surface area (Å²) in [6, 6.07) is 17.5. The highest BCUT2D eigenvalue weighted by molar-refractivity contribution is 5.75. The summed E-state index contributed by atoms with van der Waals surface area (Å²) in [7, 11) is 1.59. The van der Waals surface area contributed by atoms with Gasteiger partial charge in [-0.3, -0.25) is 0 Å². The standard InChI is InChI=1S/C24H32N4O3.C23H28N4O5/c25-24(13-29,14-30)12-28-5-4-18-19(2-1-3-20(18)28)21-26-22(31-27-21)23-9-15-6-16(10-23)8-17(7-15)11-23;1-3-31-19-8-7-15(11-20(19)30-2)22-25-21(26-32-22)17-5-4-6-18-16(17)9-10-27(18)12-23(24,13-28)14-29/h1-3,15-17,29-30H,4-14,25H2;4-8,11,28-29H,3,9-10,12-14,24H2,1-2H3. The van der Waals surface area contributed by atoms with Crippen molar-refractivity contribution >= 4 is 11.4 Å². The van der Waals surface area contributed by atoms with Crippen molar-refractivity contribution in [3.63, 3.8) is 0 Å². The van der Waals surface area contributed by atoms with Gasteiger partial charge in [-0.15, -0.1) is 0 Å². The molecule has 11 rings (SSSR count). The first-order valence-electron chi connectivity index (χ1n) is 22.3. The third-order valence-electron chi connectivity index (χ3n) is 14.1. The van der Waals surface area contributed by atoms with E-state index in [0.29, 0.717) is 48.7 Å². The number of ether oxygens (including phenoxy) is 2. The van der Waals surface area contributed by atoms with Crippen molar-refractivity contribution in [3.05, 3.63) is 71.6 Å². The van der Waals surface area contributed by atoms with Crippen LogP contribution >= 0.6 is 0 Å². The number of aliphatic hydroxyl groups excluding tert-OH is 4. The van der Waals surface area contributed by atoms with Gasteiger partial charge < -0.3 is 60.2 Å². The molecule has 0 spiro atoms. The molecule has 3 aromatic carbocycles. The largest absolute Gasteiger partial charge is 0.493 e. The van der Waals surface area contributed by atoms with Crippen LogP contribution in [0.3, 0.4) is 0 Å². The van der Waals surface area contributed by atoms with E-state index in [-0.39, 0.29) is 31.8 Å². The van der Waals surface area contributed by atoms with Gasteiger partial charge in [-0.25, -0.2) is 0 Å². The molecule has 336 valence electrons. The summed E-state index contributed by atoms with van der Waals surface area (Å²) in [6.07, 6.45) is 9.46. The number of aromatic nitrogens is 4. The maximum Gasteiger partial charge on any atom is 0.258 e. The molecule has 5 aromatic rings. The molecule has 4 saturated carbocycles. The molecule has 8 N–H and O–H groups in total. The smallest absolute Gasteiger partial charge is 0.258 e. The number of anilines is 2. The molecule has 0 atom stereocenters. The molecule has 0 saturated heterocycles. The van der Waals surface area contributed by atoms with Gasteiger partial charge in [0.15, 0.2) is 11.5 Å². The lowest BCUT2D eigenvalue weighted by molar-refractivity contribution is -0.0201.